The lowest BCUT2D eigenvalue weighted by molar-refractivity contribution is -0.135. The monoisotopic (exact) mass is 342 g/mol. The van der Waals surface area contributed by atoms with E-state index in [-0.39, 0.29) is 29.9 Å². The number of aromatic hydroxyl groups is 1. The zero-order valence-corrected chi connectivity index (χ0v) is 13.9. The second kappa shape index (κ2) is 6.93. The van der Waals surface area contributed by atoms with Gasteiger partial charge >= 0.3 is 0 Å². The van der Waals surface area contributed by atoms with Crippen molar-refractivity contribution in [2.75, 3.05) is 19.6 Å². The van der Waals surface area contributed by atoms with Crippen LogP contribution in [0.3, 0.4) is 0 Å². The van der Waals surface area contributed by atoms with Gasteiger partial charge in [-0.1, -0.05) is 18.2 Å². The van der Waals surface area contributed by atoms with Crippen LogP contribution in [0.25, 0.3) is 0 Å². The van der Waals surface area contributed by atoms with Crippen molar-refractivity contribution in [2.45, 2.75) is 13.5 Å². The summed E-state index contributed by atoms with van der Waals surface area (Å²) in [7, 11) is 0. The molecule has 5 nitrogen and oxygen atoms in total. The molecule has 1 fully saturated rings. The normalized spacial score (nSPS) is 14.7. The van der Waals surface area contributed by atoms with Crippen LogP contribution in [-0.4, -0.2) is 46.4 Å². The molecule has 1 heterocycles. The summed E-state index contributed by atoms with van der Waals surface area (Å²) in [4.78, 5) is 27.9. The number of phenolic OH excluding ortho intramolecular Hbond substituents is 1. The molecule has 2 aromatic carbocycles. The highest BCUT2D eigenvalue weighted by molar-refractivity contribution is 5.97. The quantitative estimate of drug-likeness (QED) is 0.931. The third-order valence-corrected chi connectivity index (χ3v) is 4.32. The number of nitrogens with zero attached hydrogens (tertiary/aromatic N) is 2. The highest BCUT2D eigenvalue weighted by Crippen LogP contribution is 2.20. The van der Waals surface area contributed by atoms with E-state index in [0.717, 1.165) is 5.56 Å². The fourth-order valence-corrected chi connectivity index (χ4v) is 2.83. The first-order chi connectivity index (χ1) is 11.9. The number of phenols is 1. The Hall–Kier alpha value is -2.89. The number of carbonyl (C=O) groups is 2. The summed E-state index contributed by atoms with van der Waals surface area (Å²) in [5, 5.41) is 9.75. The highest BCUT2D eigenvalue weighted by atomic mass is 19.1. The Bertz CT molecular complexity index is 822. The largest absolute Gasteiger partial charge is 0.508 e. The lowest BCUT2D eigenvalue weighted by Gasteiger charge is -2.34. The number of hydrogen-bond donors (Lipinski definition) is 1. The van der Waals surface area contributed by atoms with Crippen molar-refractivity contribution in [2.24, 2.45) is 0 Å². The third kappa shape index (κ3) is 3.79. The highest BCUT2D eigenvalue weighted by Gasteiger charge is 2.28. The number of amides is 2. The minimum Gasteiger partial charge on any atom is -0.508 e. The number of halogens is 1. The summed E-state index contributed by atoms with van der Waals surface area (Å²) in [6.45, 7) is 2.83. The van der Waals surface area contributed by atoms with E-state index in [0.29, 0.717) is 30.8 Å². The molecular weight excluding hydrogens is 323 g/mol. The maximum atomic E-state index is 13.3. The smallest absolute Gasteiger partial charge is 0.254 e. The summed E-state index contributed by atoms with van der Waals surface area (Å²) in [5.41, 5.74) is 1.76. The van der Waals surface area contributed by atoms with E-state index in [1.807, 2.05) is 0 Å². The van der Waals surface area contributed by atoms with E-state index in [2.05, 4.69) is 0 Å². The third-order valence-electron chi connectivity index (χ3n) is 4.32. The second-order valence-corrected chi connectivity index (χ2v) is 6.17. The fraction of sp³-hybridized carbons (Fsp3) is 0.263. The van der Waals surface area contributed by atoms with E-state index in [1.54, 1.807) is 36.1 Å². The van der Waals surface area contributed by atoms with Gasteiger partial charge in [-0.15, -0.1) is 0 Å². The maximum Gasteiger partial charge on any atom is 0.254 e. The summed E-state index contributed by atoms with van der Waals surface area (Å²) in [6.07, 6.45) is 0. The molecule has 0 saturated carbocycles. The molecule has 3 rings (SSSR count). The molecule has 0 radical (unpaired) electrons. The Morgan fingerprint density at radius 3 is 2.68 bits per heavy atom. The first-order valence-electron chi connectivity index (χ1n) is 8.05. The number of benzene rings is 2. The molecule has 2 amide bonds. The summed E-state index contributed by atoms with van der Waals surface area (Å²) < 4.78 is 13.3. The van der Waals surface area contributed by atoms with E-state index in [1.165, 1.54) is 23.1 Å². The molecule has 1 saturated heterocycles. The Kier molecular flexibility index (Phi) is 4.70. The van der Waals surface area contributed by atoms with Crippen LogP contribution in [0.2, 0.25) is 0 Å². The van der Waals surface area contributed by atoms with Crippen LogP contribution < -0.4 is 0 Å². The minimum absolute atomic E-state index is 0.0250. The SMILES string of the molecule is Cc1ccc(C(=O)N2CCN(Cc3cccc(F)c3)C(=O)C2)cc1O. The first-order valence-corrected chi connectivity index (χ1v) is 8.05. The van der Waals surface area contributed by atoms with Gasteiger partial charge in [-0.05, 0) is 42.3 Å². The zero-order chi connectivity index (χ0) is 18.0. The molecule has 25 heavy (non-hydrogen) atoms. The predicted octanol–water partition coefficient (Wildman–Crippen LogP) is 2.32. The van der Waals surface area contributed by atoms with Crippen LogP contribution in [0.5, 0.6) is 5.75 Å². The van der Waals surface area contributed by atoms with Crippen molar-refractivity contribution in [3.8, 4) is 5.75 Å². The number of piperazine rings is 1. The topological polar surface area (TPSA) is 60.9 Å². The van der Waals surface area contributed by atoms with Crippen LogP contribution in [0, 0.1) is 12.7 Å². The van der Waals surface area contributed by atoms with Crippen molar-refractivity contribution in [3.63, 3.8) is 0 Å². The van der Waals surface area contributed by atoms with Crippen LogP contribution in [0.4, 0.5) is 4.39 Å². The predicted molar refractivity (Wildman–Crippen MR) is 90.6 cm³/mol. The Morgan fingerprint density at radius 1 is 1.20 bits per heavy atom. The number of hydrogen-bond acceptors (Lipinski definition) is 3. The first kappa shape index (κ1) is 17.0. The van der Waals surface area contributed by atoms with E-state index >= 15 is 0 Å². The van der Waals surface area contributed by atoms with Gasteiger partial charge in [-0.2, -0.15) is 0 Å². The van der Waals surface area contributed by atoms with Gasteiger partial charge in [0, 0.05) is 25.2 Å². The Morgan fingerprint density at radius 2 is 2.00 bits per heavy atom. The van der Waals surface area contributed by atoms with Gasteiger partial charge in [0.25, 0.3) is 5.91 Å². The van der Waals surface area contributed by atoms with E-state index in [9.17, 15) is 19.1 Å². The van der Waals surface area contributed by atoms with Gasteiger partial charge in [-0.3, -0.25) is 9.59 Å². The molecule has 0 aromatic heterocycles. The van der Waals surface area contributed by atoms with Crippen molar-refractivity contribution >= 4 is 11.8 Å². The summed E-state index contributed by atoms with van der Waals surface area (Å²) in [6, 6.07) is 10.9. The molecule has 2 aromatic rings. The maximum absolute atomic E-state index is 13.3. The molecule has 0 unspecified atom stereocenters. The van der Waals surface area contributed by atoms with Gasteiger partial charge in [0.05, 0.1) is 0 Å². The molecule has 0 aliphatic carbocycles. The zero-order valence-electron chi connectivity index (χ0n) is 13.9. The summed E-state index contributed by atoms with van der Waals surface area (Å²) in [5.74, 6) is -0.742. The average Bonchev–Trinajstić information content (AvgIpc) is 2.58. The van der Waals surface area contributed by atoms with Gasteiger partial charge < -0.3 is 14.9 Å². The fourth-order valence-electron chi connectivity index (χ4n) is 2.83. The molecule has 0 spiro atoms. The Balaban J connectivity index is 1.65. The molecule has 0 atom stereocenters. The van der Waals surface area contributed by atoms with Crippen molar-refractivity contribution in [1.82, 2.24) is 9.80 Å². The molecule has 1 aliphatic rings. The van der Waals surface area contributed by atoms with Crippen molar-refractivity contribution < 1.29 is 19.1 Å². The van der Waals surface area contributed by atoms with Crippen LogP contribution in [0.1, 0.15) is 21.5 Å². The molecule has 1 N–H and O–H groups in total. The van der Waals surface area contributed by atoms with Crippen molar-refractivity contribution in [3.05, 3.63) is 65.0 Å². The molecule has 0 bridgehead atoms. The van der Waals surface area contributed by atoms with E-state index in [4.69, 9.17) is 0 Å². The summed E-state index contributed by atoms with van der Waals surface area (Å²) >= 11 is 0. The van der Waals surface area contributed by atoms with Crippen LogP contribution in [0.15, 0.2) is 42.5 Å². The lowest BCUT2D eigenvalue weighted by Crippen LogP contribution is -2.51. The lowest BCUT2D eigenvalue weighted by atomic mass is 10.1. The van der Waals surface area contributed by atoms with Crippen molar-refractivity contribution in [1.29, 1.82) is 0 Å². The Labute approximate surface area is 145 Å². The number of rotatable bonds is 3. The minimum atomic E-state index is -0.335. The van der Waals surface area contributed by atoms with E-state index < -0.39 is 0 Å². The second-order valence-electron chi connectivity index (χ2n) is 6.17. The standard InChI is InChI=1S/C19H19FN2O3/c1-13-5-6-15(10-17(13)23)19(25)22-8-7-21(18(24)12-22)11-14-3-2-4-16(20)9-14/h2-6,9-10,23H,7-8,11-12H2,1H3. The molecule has 130 valence electrons. The average molecular weight is 342 g/mol. The molecule has 6 heteroatoms. The molecule has 1 aliphatic heterocycles. The number of aryl methyl sites for hydroxylation is 1. The number of carbonyl (C=O) groups excluding carboxylic acids is 2. The van der Waals surface area contributed by atoms with Gasteiger partial charge in [-0.25, -0.2) is 4.39 Å². The van der Waals surface area contributed by atoms with Gasteiger partial charge in [0.1, 0.15) is 18.1 Å². The van der Waals surface area contributed by atoms with Gasteiger partial charge in [0.15, 0.2) is 0 Å². The van der Waals surface area contributed by atoms with Crippen LogP contribution >= 0.6 is 0 Å². The van der Waals surface area contributed by atoms with Crippen LogP contribution in [-0.2, 0) is 11.3 Å². The van der Waals surface area contributed by atoms with Gasteiger partial charge in [0.2, 0.25) is 5.91 Å². The molecular formula is C19H19FN2O3.